The van der Waals surface area contributed by atoms with Gasteiger partial charge >= 0.3 is 12.2 Å². The highest BCUT2D eigenvalue weighted by atomic mass is 19.4. The Morgan fingerprint density at radius 3 is 2.33 bits per heavy atom. The second-order valence-corrected chi connectivity index (χ2v) is 9.78. The third-order valence-electron chi connectivity index (χ3n) is 6.14. The number of aromatic nitrogens is 2. The maximum Gasteiger partial charge on any atom is 0.391 e. The number of amides is 3. The number of carbonyl (C=O) groups excluding carboxylic acids is 2. The van der Waals surface area contributed by atoms with Gasteiger partial charge in [-0.05, 0) is 26.0 Å². The molecule has 9 nitrogen and oxygen atoms in total. The number of nitrogens with zero attached hydrogens (tertiary/aromatic N) is 4. The molecule has 0 spiro atoms. The number of halogens is 6. The lowest BCUT2D eigenvalue weighted by Gasteiger charge is -2.27. The van der Waals surface area contributed by atoms with Crippen LogP contribution >= 0.6 is 0 Å². The monoisotopic (exact) mass is 571 g/mol. The minimum Gasteiger partial charge on any atom is -0.395 e. The normalized spacial score (nSPS) is 14.4. The van der Waals surface area contributed by atoms with Crippen molar-refractivity contribution < 1.29 is 41.0 Å². The van der Waals surface area contributed by atoms with E-state index in [1.807, 2.05) is 0 Å². The van der Waals surface area contributed by atoms with Crippen LogP contribution in [-0.4, -0.2) is 69.5 Å². The number of pyridine rings is 2. The summed E-state index contributed by atoms with van der Waals surface area (Å²) in [5.74, 6) is -5.39. The minimum absolute atomic E-state index is 0.0301. The lowest BCUT2D eigenvalue weighted by atomic mass is 9.99. The van der Waals surface area contributed by atoms with E-state index >= 15 is 0 Å². The van der Waals surface area contributed by atoms with Crippen LogP contribution < -0.4 is 15.6 Å². The number of hydrogen-bond donors (Lipinski definition) is 2. The first-order valence-corrected chi connectivity index (χ1v) is 11.9. The summed E-state index contributed by atoms with van der Waals surface area (Å²) in [4.78, 5) is 45.8. The fraction of sp³-hybridized carbons (Fsp3) is 0.360. The number of β-amino-alcohol motifs (C(OH)–C–C–N with tert-alkyl or cyclic N) is 1. The van der Waals surface area contributed by atoms with E-state index in [9.17, 15) is 40.7 Å². The van der Waals surface area contributed by atoms with Crippen LogP contribution in [0.2, 0.25) is 0 Å². The molecule has 3 heterocycles. The summed E-state index contributed by atoms with van der Waals surface area (Å²) in [6.45, 7) is 2.28. The van der Waals surface area contributed by atoms with Crippen molar-refractivity contribution >= 4 is 28.8 Å². The van der Waals surface area contributed by atoms with Gasteiger partial charge in [-0.15, -0.1) is 0 Å². The molecule has 0 radical (unpaired) electrons. The van der Waals surface area contributed by atoms with Crippen molar-refractivity contribution in [2.45, 2.75) is 32.0 Å². The standard InChI is InChI=1S/C25H23F6N5O4/c1-24(2,12-25(29,30)31)33-22(39)15-11-36(19-16(27)9-13(26)10-17(19)28)21-14(20(15)38)3-4-18(32-21)35-6-5-34(7-8-37)23(35)40/h3-4,9-11,37H,5-8,12H2,1-2H3,(H,33,39). The van der Waals surface area contributed by atoms with Crippen molar-refractivity contribution in [3.63, 3.8) is 0 Å². The summed E-state index contributed by atoms with van der Waals surface area (Å²) in [5.41, 5.74) is -4.96. The lowest BCUT2D eigenvalue weighted by Crippen LogP contribution is -2.47. The number of benzene rings is 1. The Morgan fingerprint density at radius 2 is 1.73 bits per heavy atom. The molecule has 214 valence electrons. The molecule has 3 amide bonds. The van der Waals surface area contributed by atoms with E-state index in [1.165, 1.54) is 15.9 Å². The largest absolute Gasteiger partial charge is 0.395 e. The second-order valence-electron chi connectivity index (χ2n) is 9.78. The zero-order valence-corrected chi connectivity index (χ0v) is 21.2. The van der Waals surface area contributed by atoms with E-state index in [0.29, 0.717) is 22.9 Å². The number of rotatable bonds is 7. The summed E-state index contributed by atoms with van der Waals surface area (Å²) in [5, 5.41) is 10.9. The van der Waals surface area contributed by atoms with Gasteiger partial charge in [0, 0.05) is 43.5 Å². The van der Waals surface area contributed by atoms with E-state index in [2.05, 4.69) is 10.3 Å². The van der Waals surface area contributed by atoms with Gasteiger partial charge in [0.05, 0.1) is 18.4 Å². The SMILES string of the molecule is CC(C)(CC(F)(F)F)NC(=O)c1cn(-c2c(F)cc(F)cc2F)c2nc(N3CCN(CCO)C3=O)ccc2c1=O. The van der Waals surface area contributed by atoms with Crippen molar-refractivity contribution in [2.24, 2.45) is 0 Å². The molecule has 2 N–H and O–H groups in total. The first-order valence-electron chi connectivity index (χ1n) is 11.9. The van der Waals surface area contributed by atoms with Gasteiger partial charge in [-0.1, -0.05) is 0 Å². The predicted molar refractivity (Wildman–Crippen MR) is 131 cm³/mol. The number of anilines is 1. The molecule has 0 saturated carbocycles. The van der Waals surface area contributed by atoms with Crippen LogP contribution in [0.1, 0.15) is 30.6 Å². The number of nitrogens with one attached hydrogen (secondary N) is 1. The molecule has 0 atom stereocenters. The van der Waals surface area contributed by atoms with E-state index in [1.54, 1.807) is 0 Å². The van der Waals surface area contributed by atoms with Gasteiger partial charge in [0.15, 0.2) is 17.3 Å². The van der Waals surface area contributed by atoms with Crippen LogP contribution in [0, 0.1) is 17.5 Å². The molecule has 3 aromatic rings. The van der Waals surface area contributed by atoms with Crippen molar-refractivity contribution in [2.75, 3.05) is 31.1 Å². The van der Waals surface area contributed by atoms with Gasteiger partial charge in [0.1, 0.15) is 22.9 Å². The lowest BCUT2D eigenvalue weighted by molar-refractivity contribution is -0.146. The number of urea groups is 1. The zero-order chi connectivity index (χ0) is 29.6. The van der Waals surface area contributed by atoms with Gasteiger partial charge < -0.3 is 15.3 Å². The molecule has 15 heteroatoms. The van der Waals surface area contributed by atoms with E-state index < -0.39 is 69.9 Å². The second kappa shape index (κ2) is 10.4. The molecule has 1 aliphatic rings. The zero-order valence-electron chi connectivity index (χ0n) is 21.2. The van der Waals surface area contributed by atoms with E-state index in [-0.39, 0.29) is 37.4 Å². The molecule has 1 saturated heterocycles. The predicted octanol–water partition coefficient (Wildman–Crippen LogP) is 3.50. The fourth-order valence-electron chi connectivity index (χ4n) is 4.48. The topological polar surface area (TPSA) is 108 Å². The Bertz CT molecular complexity index is 1530. The summed E-state index contributed by atoms with van der Waals surface area (Å²) >= 11 is 0. The smallest absolute Gasteiger partial charge is 0.391 e. The third kappa shape index (κ3) is 5.73. The maximum absolute atomic E-state index is 14.9. The molecule has 0 aliphatic carbocycles. The Morgan fingerprint density at radius 1 is 1.07 bits per heavy atom. The van der Waals surface area contributed by atoms with Crippen LogP contribution in [0.4, 0.5) is 37.0 Å². The Kier molecular flexibility index (Phi) is 7.53. The number of aliphatic hydroxyl groups is 1. The highest BCUT2D eigenvalue weighted by Crippen LogP contribution is 2.29. The Labute approximate surface area is 222 Å². The Balaban J connectivity index is 1.90. The molecule has 1 fully saturated rings. The molecule has 40 heavy (non-hydrogen) atoms. The van der Waals surface area contributed by atoms with Gasteiger partial charge in [0.2, 0.25) is 5.43 Å². The molecule has 4 rings (SSSR count). The van der Waals surface area contributed by atoms with Gasteiger partial charge in [-0.3, -0.25) is 19.1 Å². The molecule has 0 bridgehead atoms. The number of hydrogen-bond acceptors (Lipinski definition) is 5. The van der Waals surface area contributed by atoms with Crippen molar-refractivity contribution in [3.05, 3.63) is 63.7 Å². The maximum atomic E-state index is 14.9. The van der Waals surface area contributed by atoms with Crippen molar-refractivity contribution in [1.29, 1.82) is 0 Å². The fourth-order valence-corrected chi connectivity index (χ4v) is 4.48. The van der Waals surface area contributed by atoms with Crippen molar-refractivity contribution in [1.82, 2.24) is 19.8 Å². The van der Waals surface area contributed by atoms with Crippen LogP contribution in [0.25, 0.3) is 16.7 Å². The highest BCUT2D eigenvalue weighted by Gasteiger charge is 2.38. The first kappa shape index (κ1) is 28.9. The van der Waals surface area contributed by atoms with Gasteiger partial charge in [0.25, 0.3) is 5.91 Å². The first-order chi connectivity index (χ1) is 18.6. The van der Waals surface area contributed by atoms with Gasteiger partial charge in [-0.25, -0.2) is 22.9 Å². The van der Waals surface area contributed by atoms with Crippen LogP contribution in [0.3, 0.4) is 0 Å². The number of aliphatic hydroxyl groups excluding tert-OH is 1. The molecule has 1 aliphatic heterocycles. The van der Waals surface area contributed by atoms with Crippen LogP contribution in [0.5, 0.6) is 0 Å². The Hall–Kier alpha value is -4.14. The summed E-state index contributed by atoms with van der Waals surface area (Å²) in [7, 11) is 0. The molecule has 0 unspecified atom stereocenters. The van der Waals surface area contributed by atoms with Crippen molar-refractivity contribution in [3.8, 4) is 5.69 Å². The molecule has 1 aromatic carbocycles. The summed E-state index contributed by atoms with van der Waals surface area (Å²) < 4.78 is 83.0. The van der Waals surface area contributed by atoms with E-state index in [0.717, 1.165) is 19.9 Å². The molecule has 2 aromatic heterocycles. The minimum atomic E-state index is -4.65. The van der Waals surface area contributed by atoms with Crippen LogP contribution in [0.15, 0.2) is 35.3 Å². The summed E-state index contributed by atoms with van der Waals surface area (Å²) in [6.07, 6.45) is -5.39. The molecular weight excluding hydrogens is 548 g/mol. The van der Waals surface area contributed by atoms with E-state index in [4.69, 9.17) is 5.11 Å². The third-order valence-corrected chi connectivity index (χ3v) is 6.14. The highest BCUT2D eigenvalue weighted by molar-refractivity contribution is 5.98. The molecular formula is C25H23F6N5O4. The average Bonchev–Trinajstić information content (AvgIpc) is 3.17. The number of fused-ring (bicyclic) bond motifs is 1. The quantitative estimate of drug-likeness (QED) is 0.423. The van der Waals surface area contributed by atoms with Crippen LogP contribution in [-0.2, 0) is 0 Å². The number of carbonyl (C=O) groups is 2. The van der Waals surface area contributed by atoms with Gasteiger partial charge in [-0.2, -0.15) is 13.2 Å². The summed E-state index contributed by atoms with van der Waals surface area (Å²) in [6, 6.07) is 2.58. The average molecular weight is 571 g/mol. The number of alkyl halides is 3.